The third-order valence-corrected chi connectivity index (χ3v) is 4.29. The molecule has 1 aliphatic rings. The maximum atomic E-state index is 5.92. The van der Waals surface area contributed by atoms with Crippen LogP contribution in [0.1, 0.15) is 25.3 Å². The lowest BCUT2D eigenvalue weighted by molar-refractivity contribution is 0.290. The average molecular weight is 303 g/mol. The van der Waals surface area contributed by atoms with Gasteiger partial charge in [-0.15, -0.1) is 0 Å². The number of nitrogens with one attached hydrogen (secondary N) is 1. The van der Waals surface area contributed by atoms with Crippen molar-refractivity contribution < 1.29 is 4.74 Å². The minimum atomic E-state index is 0.312. The number of aromatic nitrogens is 1. The third kappa shape index (κ3) is 4.11. The minimum Gasteiger partial charge on any atom is -0.476 e. The Kier molecular flexibility index (Phi) is 4.29. The number of rotatable bonds is 7. The van der Waals surface area contributed by atoms with Crippen LogP contribution in [0.25, 0.3) is 0 Å². The van der Waals surface area contributed by atoms with Crippen LogP contribution in [-0.4, -0.2) is 17.6 Å². The number of nitrogens with two attached hydrogens (primary N) is 1. The molecule has 112 valence electrons. The van der Waals surface area contributed by atoms with Gasteiger partial charge in [-0.1, -0.05) is 0 Å². The summed E-state index contributed by atoms with van der Waals surface area (Å²) in [7, 11) is 0. The van der Waals surface area contributed by atoms with E-state index in [0.717, 1.165) is 18.8 Å². The van der Waals surface area contributed by atoms with Gasteiger partial charge in [-0.3, -0.25) is 0 Å². The zero-order chi connectivity index (χ0) is 14.7. The van der Waals surface area contributed by atoms with Crippen molar-refractivity contribution in [1.82, 2.24) is 4.98 Å². The van der Waals surface area contributed by atoms with Crippen LogP contribution >= 0.6 is 11.3 Å². The van der Waals surface area contributed by atoms with E-state index in [0.29, 0.717) is 23.5 Å². The fourth-order valence-corrected chi connectivity index (χ4v) is 2.88. The average Bonchev–Trinajstić information content (AvgIpc) is 3.16. The summed E-state index contributed by atoms with van der Waals surface area (Å²) < 4.78 is 5.71. The molecule has 3 rings (SSSR count). The van der Waals surface area contributed by atoms with Gasteiger partial charge in [-0.05, 0) is 66.6 Å². The molecule has 0 aromatic carbocycles. The zero-order valence-corrected chi connectivity index (χ0v) is 13.0. The zero-order valence-electron chi connectivity index (χ0n) is 12.2. The number of thiophene rings is 1. The first-order valence-corrected chi connectivity index (χ1v) is 8.32. The first-order chi connectivity index (χ1) is 10.2. The molecule has 1 saturated carbocycles. The Morgan fingerprint density at radius 3 is 3.00 bits per heavy atom. The molecule has 1 aliphatic carbocycles. The molecule has 5 heteroatoms. The molecule has 21 heavy (non-hydrogen) atoms. The molecule has 1 atom stereocenters. The Labute approximate surface area is 129 Å². The Hall–Kier alpha value is -1.75. The summed E-state index contributed by atoms with van der Waals surface area (Å²) >= 11 is 1.73. The highest BCUT2D eigenvalue weighted by molar-refractivity contribution is 7.07. The van der Waals surface area contributed by atoms with Crippen LogP contribution in [0.2, 0.25) is 0 Å². The van der Waals surface area contributed by atoms with Gasteiger partial charge in [0.05, 0.1) is 12.3 Å². The summed E-state index contributed by atoms with van der Waals surface area (Å²) in [6.07, 6.45) is 3.50. The van der Waals surface area contributed by atoms with E-state index in [4.69, 9.17) is 10.5 Å². The van der Waals surface area contributed by atoms with Crippen molar-refractivity contribution in [3.8, 4) is 5.88 Å². The molecule has 2 heterocycles. The van der Waals surface area contributed by atoms with Gasteiger partial charge in [-0.2, -0.15) is 16.3 Å². The van der Waals surface area contributed by atoms with Gasteiger partial charge in [0.2, 0.25) is 5.88 Å². The number of ether oxygens (including phenoxy) is 1. The molecule has 1 unspecified atom stereocenters. The summed E-state index contributed by atoms with van der Waals surface area (Å²) in [4.78, 5) is 4.49. The molecule has 2 aromatic heterocycles. The summed E-state index contributed by atoms with van der Waals surface area (Å²) in [5.74, 6) is 2.06. The maximum absolute atomic E-state index is 5.92. The monoisotopic (exact) mass is 303 g/mol. The number of pyridine rings is 1. The molecule has 3 N–H and O–H groups in total. The van der Waals surface area contributed by atoms with Gasteiger partial charge >= 0.3 is 0 Å². The number of nitrogens with zero attached hydrogens (tertiary/aromatic N) is 1. The van der Waals surface area contributed by atoms with Gasteiger partial charge in [0.15, 0.2) is 0 Å². The van der Waals surface area contributed by atoms with Crippen molar-refractivity contribution in [3.63, 3.8) is 0 Å². The SMILES string of the molecule is CC(Cc1ccsc1)Nc1ccc(N)c(OCC2CC2)n1. The van der Waals surface area contributed by atoms with Crippen molar-refractivity contribution in [3.05, 3.63) is 34.5 Å². The van der Waals surface area contributed by atoms with E-state index in [1.807, 2.05) is 12.1 Å². The molecule has 0 spiro atoms. The number of anilines is 2. The molecule has 2 aromatic rings. The van der Waals surface area contributed by atoms with E-state index < -0.39 is 0 Å². The predicted octanol–water partition coefficient (Wildman–Crippen LogP) is 3.56. The third-order valence-electron chi connectivity index (χ3n) is 3.56. The number of nitrogen functional groups attached to an aromatic ring is 1. The summed E-state index contributed by atoms with van der Waals surface area (Å²) in [6.45, 7) is 2.88. The Bertz CT molecular complexity index is 581. The fraction of sp³-hybridized carbons (Fsp3) is 0.438. The quantitative estimate of drug-likeness (QED) is 0.821. The molecule has 0 bridgehead atoms. The van der Waals surface area contributed by atoms with E-state index in [1.165, 1.54) is 18.4 Å². The van der Waals surface area contributed by atoms with E-state index in [9.17, 15) is 0 Å². The lowest BCUT2D eigenvalue weighted by atomic mass is 10.1. The van der Waals surface area contributed by atoms with E-state index in [2.05, 4.69) is 34.1 Å². The van der Waals surface area contributed by atoms with Crippen LogP contribution in [0.4, 0.5) is 11.5 Å². The molecule has 0 aliphatic heterocycles. The Morgan fingerprint density at radius 1 is 1.43 bits per heavy atom. The second-order valence-corrected chi connectivity index (χ2v) is 6.51. The molecule has 4 nitrogen and oxygen atoms in total. The molecule has 0 saturated heterocycles. The Morgan fingerprint density at radius 2 is 2.29 bits per heavy atom. The highest BCUT2D eigenvalue weighted by Crippen LogP contribution is 2.30. The topological polar surface area (TPSA) is 60.2 Å². The lowest BCUT2D eigenvalue weighted by Crippen LogP contribution is -2.19. The van der Waals surface area contributed by atoms with E-state index >= 15 is 0 Å². The first kappa shape index (κ1) is 14.2. The van der Waals surface area contributed by atoms with Gasteiger partial charge in [0, 0.05) is 6.04 Å². The van der Waals surface area contributed by atoms with Crippen LogP contribution in [0.5, 0.6) is 5.88 Å². The lowest BCUT2D eigenvalue weighted by Gasteiger charge is -2.15. The molecular formula is C16H21N3OS. The smallest absolute Gasteiger partial charge is 0.239 e. The summed E-state index contributed by atoms with van der Waals surface area (Å²) in [5, 5.41) is 7.69. The normalized spacial score (nSPS) is 15.7. The number of hydrogen-bond donors (Lipinski definition) is 2. The second kappa shape index (κ2) is 6.35. The largest absolute Gasteiger partial charge is 0.476 e. The highest BCUT2D eigenvalue weighted by atomic mass is 32.1. The fourth-order valence-electron chi connectivity index (χ4n) is 2.19. The van der Waals surface area contributed by atoms with Crippen molar-refractivity contribution in [2.75, 3.05) is 17.7 Å². The van der Waals surface area contributed by atoms with Crippen LogP contribution in [-0.2, 0) is 6.42 Å². The summed E-state index contributed by atoms with van der Waals surface area (Å²) in [5.41, 5.74) is 7.87. The van der Waals surface area contributed by atoms with Gasteiger partial charge in [0.1, 0.15) is 5.82 Å². The van der Waals surface area contributed by atoms with Gasteiger partial charge in [-0.25, -0.2) is 0 Å². The molecule has 0 amide bonds. The van der Waals surface area contributed by atoms with Crippen LogP contribution in [0, 0.1) is 5.92 Å². The van der Waals surface area contributed by atoms with Gasteiger partial charge in [0.25, 0.3) is 0 Å². The Balaban J connectivity index is 1.59. The second-order valence-electron chi connectivity index (χ2n) is 5.73. The van der Waals surface area contributed by atoms with Gasteiger partial charge < -0.3 is 15.8 Å². The van der Waals surface area contributed by atoms with Crippen molar-refractivity contribution in [1.29, 1.82) is 0 Å². The minimum absolute atomic E-state index is 0.312. The first-order valence-electron chi connectivity index (χ1n) is 7.37. The van der Waals surface area contributed by atoms with E-state index in [1.54, 1.807) is 11.3 Å². The van der Waals surface area contributed by atoms with Crippen molar-refractivity contribution >= 4 is 22.8 Å². The number of hydrogen-bond acceptors (Lipinski definition) is 5. The van der Waals surface area contributed by atoms with Crippen molar-refractivity contribution in [2.24, 2.45) is 5.92 Å². The predicted molar refractivity (Wildman–Crippen MR) is 88.0 cm³/mol. The molecule has 0 radical (unpaired) electrons. The molecular weight excluding hydrogens is 282 g/mol. The van der Waals surface area contributed by atoms with Crippen LogP contribution in [0.3, 0.4) is 0 Å². The maximum Gasteiger partial charge on any atom is 0.239 e. The molecule has 1 fully saturated rings. The van der Waals surface area contributed by atoms with E-state index in [-0.39, 0.29) is 0 Å². The van der Waals surface area contributed by atoms with Crippen molar-refractivity contribution in [2.45, 2.75) is 32.2 Å². The summed E-state index contributed by atoms with van der Waals surface area (Å²) in [6, 6.07) is 6.23. The van der Waals surface area contributed by atoms with Crippen LogP contribution < -0.4 is 15.8 Å². The highest BCUT2D eigenvalue weighted by Gasteiger charge is 2.22. The standard InChI is InChI=1S/C16H21N3OS/c1-11(8-13-6-7-21-10-13)18-15-5-4-14(17)16(19-15)20-9-12-2-3-12/h4-7,10-12H,2-3,8-9,17H2,1H3,(H,18,19). The van der Waals surface area contributed by atoms with Crippen LogP contribution in [0.15, 0.2) is 29.0 Å².